The lowest BCUT2D eigenvalue weighted by Crippen LogP contribution is -2.34. The fraction of sp³-hybridized carbons (Fsp3) is 0.833. The van der Waals surface area contributed by atoms with Crippen LogP contribution in [0.25, 0.3) is 0 Å². The third-order valence-corrected chi connectivity index (χ3v) is 4.31. The van der Waals surface area contributed by atoms with Gasteiger partial charge in [-0.25, -0.2) is 4.98 Å². The Morgan fingerprint density at radius 2 is 2.18 bits per heavy atom. The molecule has 0 aliphatic heterocycles. The minimum atomic E-state index is -0.239. The molecule has 0 spiro atoms. The Balaban J connectivity index is 2.16. The van der Waals surface area contributed by atoms with Gasteiger partial charge >= 0.3 is 0 Å². The number of rotatable bonds is 4. The molecule has 0 bridgehead atoms. The van der Waals surface area contributed by atoms with Crippen LogP contribution in [-0.2, 0) is 10.3 Å². The number of aromatic nitrogens is 2. The van der Waals surface area contributed by atoms with Crippen molar-refractivity contribution < 1.29 is 4.74 Å². The van der Waals surface area contributed by atoms with Crippen LogP contribution in [0.3, 0.4) is 0 Å². The van der Waals surface area contributed by atoms with E-state index >= 15 is 0 Å². The molecular weight excluding hydrogens is 234 g/mol. The predicted molar refractivity (Wildman–Crippen MR) is 70.4 cm³/mol. The van der Waals surface area contributed by atoms with Gasteiger partial charge in [-0.3, -0.25) is 0 Å². The maximum atomic E-state index is 5.76. The number of nitrogens with zero attached hydrogens (tertiary/aromatic N) is 2. The SMILES string of the molecule is CCNc1nc(C2(OC)CCC(C)CC2)ns1. The summed E-state index contributed by atoms with van der Waals surface area (Å²) >= 11 is 1.43. The summed E-state index contributed by atoms with van der Waals surface area (Å²) in [6.45, 7) is 5.25. The van der Waals surface area contributed by atoms with E-state index in [4.69, 9.17) is 4.74 Å². The standard InChI is InChI=1S/C12H21N3OS/c1-4-13-11-14-10(15-17-11)12(16-3)7-5-9(2)6-8-12/h9H,4-8H2,1-3H3,(H,13,14,15). The first-order valence-corrected chi connectivity index (χ1v) is 7.10. The van der Waals surface area contributed by atoms with Gasteiger partial charge in [0.05, 0.1) is 0 Å². The van der Waals surface area contributed by atoms with Crippen molar-refractivity contribution in [1.82, 2.24) is 9.36 Å². The Bertz CT molecular complexity index is 358. The molecule has 1 aliphatic rings. The van der Waals surface area contributed by atoms with Crippen molar-refractivity contribution in [2.24, 2.45) is 5.92 Å². The van der Waals surface area contributed by atoms with Crippen molar-refractivity contribution in [3.63, 3.8) is 0 Å². The second-order valence-corrected chi connectivity index (χ2v) is 5.59. The Morgan fingerprint density at radius 3 is 2.76 bits per heavy atom. The van der Waals surface area contributed by atoms with Crippen LogP contribution >= 0.6 is 11.5 Å². The molecule has 0 saturated heterocycles. The highest BCUT2D eigenvalue weighted by Gasteiger charge is 2.39. The molecule has 0 atom stereocenters. The molecule has 0 amide bonds. The second-order valence-electron chi connectivity index (χ2n) is 4.83. The normalized spacial score (nSPS) is 29.2. The molecule has 1 aromatic heterocycles. The lowest BCUT2D eigenvalue weighted by atomic mass is 9.79. The predicted octanol–water partition coefficient (Wildman–Crippen LogP) is 3.02. The summed E-state index contributed by atoms with van der Waals surface area (Å²) in [4.78, 5) is 4.56. The van der Waals surface area contributed by atoms with Gasteiger partial charge in [-0.05, 0) is 38.5 Å². The number of ether oxygens (including phenoxy) is 1. The molecule has 1 fully saturated rings. The Morgan fingerprint density at radius 1 is 1.47 bits per heavy atom. The molecule has 96 valence electrons. The van der Waals surface area contributed by atoms with E-state index in [-0.39, 0.29) is 5.60 Å². The topological polar surface area (TPSA) is 47.0 Å². The van der Waals surface area contributed by atoms with Gasteiger partial charge in [0.25, 0.3) is 0 Å². The highest BCUT2D eigenvalue weighted by Crippen LogP contribution is 2.41. The van der Waals surface area contributed by atoms with E-state index in [1.165, 1.54) is 24.4 Å². The van der Waals surface area contributed by atoms with E-state index < -0.39 is 0 Å². The number of anilines is 1. The van der Waals surface area contributed by atoms with E-state index in [1.54, 1.807) is 7.11 Å². The van der Waals surface area contributed by atoms with Crippen molar-refractivity contribution >= 4 is 16.7 Å². The fourth-order valence-corrected chi connectivity index (χ4v) is 3.10. The average molecular weight is 255 g/mol. The monoisotopic (exact) mass is 255 g/mol. The number of hydrogen-bond donors (Lipinski definition) is 1. The van der Waals surface area contributed by atoms with Gasteiger partial charge in [-0.1, -0.05) is 6.92 Å². The zero-order valence-electron chi connectivity index (χ0n) is 10.8. The summed E-state index contributed by atoms with van der Waals surface area (Å²) < 4.78 is 10.2. The Kier molecular flexibility index (Phi) is 3.99. The minimum Gasteiger partial charge on any atom is -0.370 e. The lowest BCUT2D eigenvalue weighted by molar-refractivity contribution is -0.0588. The first-order valence-electron chi connectivity index (χ1n) is 6.33. The molecule has 1 aliphatic carbocycles. The molecule has 17 heavy (non-hydrogen) atoms. The highest BCUT2D eigenvalue weighted by molar-refractivity contribution is 7.09. The van der Waals surface area contributed by atoms with E-state index in [1.807, 2.05) is 0 Å². The minimum absolute atomic E-state index is 0.239. The Hall–Kier alpha value is -0.680. The summed E-state index contributed by atoms with van der Waals surface area (Å²) in [5, 5.41) is 4.11. The lowest BCUT2D eigenvalue weighted by Gasteiger charge is -2.35. The molecule has 4 nitrogen and oxygen atoms in total. The molecule has 1 heterocycles. The average Bonchev–Trinajstić information content (AvgIpc) is 2.80. The van der Waals surface area contributed by atoms with E-state index in [2.05, 4.69) is 28.5 Å². The molecule has 2 rings (SSSR count). The third-order valence-electron chi connectivity index (χ3n) is 3.63. The quantitative estimate of drug-likeness (QED) is 0.898. The maximum absolute atomic E-state index is 5.76. The summed E-state index contributed by atoms with van der Waals surface area (Å²) in [5.41, 5.74) is -0.239. The molecular formula is C12H21N3OS. The molecule has 1 saturated carbocycles. The first kappa shape index (κ1) is 12.8. The van der Waals surface area contributed by atoms with Crippen molar-refractivity contribution in [2.75, 3.05) is 19.0 Å². The van der Waals surface area contributed by atoms with Crippen LogP contribution in [0.5, 0.6) is 0 Å². The number of nitrogens with one attached hydrogen (secondary N) is 1. The molecule has 0 radical (unpaired) electrons. The third kappa shape index (κ3) is 2.60. The van der Waals surface area contributed by atoms with Gasteiger partial charge in [0, 0.05) is 25.2 Å². The van der Waals surface area contributed by atoms with Gasteiger partial charge in [-0.15, -0.1) is 0 Å². The largest absolute Gasteiger partial charge is 0.370 e. The van der Waals surface area contributed by atoms with E-state index in [9.17, 15) is 0 Å². The van der Waals surface area contributed by atoms with Crippen LogP contribution in [0.15, 0.2) is 0 Å². The molecule has 1 aromatic rings. The van der Waals surface area contributed by atoms with Crippen LogP contribution in [0, 0.1) is 5.92 Å². The molecule has 0 aromatic carbocycles. The van der Waals surface area contributed by atoms with Crippen LogP contribution in [0.4, 0.5) is 5.13 Å². The first-order chi connectivity index (χ1) is 8.20. The summed E-state index contributed by atoms with van der Waals surface area (Å²) in [6, 6.07) is 0. The smallest absolute Gasteiger partial charge is 0.202 e. The van der Waals surface area contributed by atoms with Gasteiger partial charge in [0.1, 0.15) is 5.60 Å². The van der Waals surface area contributed by atoms with Gasteiger partial charge in [0.2, 0.25) is 5.13 Å². The summed E-state index contributed by atoms with van der Waals surface area (Å²) in [7, 11) is 1.78. The van der Waals surface area contributed by atoms with Crippen molar-refractivity contribution in [2.45, 2.75) is 45.1 Å². The van der Waals surface area contributed by atoms with Gasteiger partial charge < -0.3 is 10.1 Å². The number of hydrogen-bond acceptors (Lipinski definition) is 5. The number of methoxy groups -OCH3 is 1. The molecule has 5 heteroatoms. The van der Waals surface area contributed by atoms with Crippen molar-refractivity contribution in [3.05, 3.63) is 5.82 Å². The van der Waals surface area contributed by atoms with Crippen LogP contribution in [0.2, 0.25) is 0 Å². The van der Waals surface area contributed by atoms with E-state index in [0.717, 1.165) is 36.3 Å². The highest BCUT2D eigenvalue weighted by atomic mass is 32.1. The van der Waals surface area contributed by atoms with Crippen molar-refractivity contribution in [1.29, 1.82) is 0 Å². The molecule has 0 unspecified atom stereocenters. The van der Waals surface area contributed by atoms with Crippen LogP contribution < -0.4 is 5.32 Å². The van der Waals surface area contributed by atoms with Crippen LogP contribution in [-0.4, -0.2) is 23.0 Å². The van der Waals surface area contributed by atoms with Gasteiger partial charge in [-0.2, -0.15) is 4.37 Å². The summed E-state index contributed by atoms with van der Waals surface area (Å²) in [5.74, 6) is 1.66. The fourth-order valence-electron chi connectivity index (χ4n) is 2.38. The zero-order chi connectivity index (χ0) is 12.3. The second kappa shape index (κ2) is 5.31. The van der Waals surface area contributed by atoms with E-state index in [0.29, 0.717) is 0 Å². The van der Waals surface area contributed by atoms with Gasteiger partial charge in [0.15, 0.2) is 5.82 Å². The zero-order valence-corrected chi connectivity index (χ0v) is 11.6. The summed E-state index contributed by atoms with van der Waals surface area (Å²) in [6.07, 6.45) is 4.47. The molecule has 1 N–H and O–H groups in total. The Labute approximate surface area is 107 Å². The van der Waals surface area contributed by atoms with Crippen LogP contribution in [0.1, 0.15) is 45.4 Å². The van der Waals surface area contributed by atoms with Crippen molar-refractivity contribution in [3.8, 4) is 0 Å². The maximum Gasteiger partial charge on any atom is 0.202 e.